The predicted octanol–water partition coefficient (Wildman–Crippen LogP) is 2.93. The molecule has 0 bridgehead atoms. The zero-order chi connectivity index (χ0) is 10.6. The third-order valence-electron chi connectivity index (χ3n) is 1.69. The lowest BCUT2D eigenvalue weighted by Gasteiger charge is -2.11. The number of rotatable bonds is 4. The van der Waals surface area contributed by atoms with E-state index >= 15 is 0 Å². The summed E-state index contributed by atoms with van der Waals surface area (Å²) in [6.45, 7) is 1.45. The van der Waals surface area contributed by atoms with Crippen molar-refractivity contribution in [2.24, 2.45) is 0 Å². The maximum atomic E-state index is 5.91. The summed E-state index contributed by atoms with van der Waals surface area (Å²) < 4.78 is 5.47. The van der Waals surface area contributed by atoms with Gasteiger partial charge in [0.1, 0.15) is 12.4 Å². The van der Waals surface area contributed by atoms with E-state index in [1.54, 1.807) is 18.2 Å². The Morgan fingerprint density at radius 1 is 1.29 bits per heavy atom. The molecule has 0 saturated heterocycles. The average Bonchev–Trinajstić information content (AvgIpc) is 2.10. The van der Waals surface area contributed by atoms with Gasteiger partial charge in [0.15, 0.2) is 0 Å². The van der Waals surface area contributed by atoms with Gasteiger partial charge in [0.2, 0.25) is 0 Å². The third kappa shape index (κ3) is 3.74. The van der Waals surface area contributed by atoms with Crippen LogP contribution in [0.5, 0.6) is 5.75 Å². The molecule has 0 atom stereocenters. The van der Waals surface area contributed by atoms with Gasteiger partial charge >= 0.3 is 0 Å². The summed E-state index contributed by atoms with van der Waals surface area (Å²) >= 11 is 11.7. The van der Waals surface area contributed by atoms with Crippen molar-refractivity contribution in [3.05, 3.63) is 28.2 Å². The van der Waals surface area contributed by atoms with Gasteiger partial charge in [-0.15, -0.1) is 0 Å². The Bertz CT molecular complexity index is 302. The second kappa shape index (κ2) is 5.44. The summed E-state index contributed by atoms with van der Waals surface area (Å²) in [5.74, 6) is 0.640. The molecule has 14 heavy (non-hydrogen) atoms. The molecular formula is C10H13Cl2NO. The van der Waals surface area contributed by atoms with Crippen LogP contribution in [0.4, 0.5) is 0 Å². The molecule has 1 rings (SSSR count). The van der Waals surface area contributed by atoms with Gasteiger partial charge in [0.25, 0.3) is 0 Å². The summed E-state index contributed by atoms with van der Waals surface area (Å²) in [5.41, 5.74) is 0. The molecule has 0 heterocycles. The number of ether oxygens (including phenoxy) is 1. The SMILES string of the molecule is CN(C)CCOc1cc(Cl)ccc1Cl. The van der Waals surface area contributed by atoms with E-state index in [0.29, 0.717) is 22.4 Å². The minimum absolute atomic E-state index is 0.591. The van der Waals surface area contributed by atoms with E-state index in [1.807, 2.05) is 19.0 Å². The molecule has 0 aliphatic carbocycles. The van der Waals surface area contributed by atoms with E-state index in [9.17, 15) is 0 Å². The summed E-state index contributed by atoms with van der Waals surface area (Å²) in [6, 6.07) is 5.19. The zero-order valence-corrected chi connectivity index (χ0v) is 9.77. The van der Waals surface area contributed by atoms with E-state index < -0.39 is 0 Å². The molecule has 0 aromatic heterocycles. The second-order valence-corrected chi connectivity index (χ2v) is 4.07. The fraction of sp³-hybridized carbons (Fsp3) is 0.400. The molecule has 4 heteroatoms. The lowest BCUT2D eigenvalue weighted by atomic mass is 10.3. The number of hydrogen-bond acceptors (Lipinski definition) is 2. The molecule has 0 unspecified atom stereocenters. The van der Waals surface area contributed by atoms with E-state index in [2.05, 4.69) is 0 Å². The maximum absolute atomic E-state index is 5.91. The van der Waals surface area contributed by atoms with Crippen LogP contribution in [0.15, 0.2) is 18.2 Å². The largest absolute Gasteiger partial charge is 0.491 e. The van der Waals surface area contributed by atoms with Crippen LogP contribution in [0, 0.1) is 0 Å². The van der Waals surface area contributed by atoms with Crippen LogP contribution in [0.3, 0.4) is 0 Å². The second-order valence-electron chi connectivity index (χ2n) is 3.23. The average molecular weight is 234 g/mol. The van der Waals surface area contributed by atoms with Crippen LogP contribution >= 0.6 is 23.2 Å². The van der Waals surface area contributed by atoms with Crippen LogP contribution in [-0.2, 0) is 0 Å². The molecule has 1 aromatic carbocycles. The number of hydrogen-bond donors (Lipinski definition) is 0. The molecule has 1 aromatic rings. The Morgan fingerprint density at radius 3 is 2.64 bits per heavy atom. The first-order valence-electron chi connectivity index (χ1n) is 4.32. The number of halogens is 2. The van der Waals surface area contributed by atoms with Gasteiger partial charge in [-0.05, 0) is 26.2 Å². The molecule has 0 radical (unpaired) electrons. The highest BCUT2D eigenvalue weighted by molar-refractivity contribution is 6.34. The van der Waals surface area contributed by atoms with Gasteiger partial charge in [-0.3, -0.25) is 0 Å². The van der Waals surface area contributed by atoms with Crippen LogP contribution in [0.1, 0.15) is 0 Å². The van der Waals surface area contributed by atoms with Gasteiger partial charge < -0.3 is 9.64 Å². The van der Waals surface area contributed by atoms with Crippen molar-refractivity contribution in [1.29, 1.82) is 0 Å². The molecule has 0 N–H and O–H groups in total. The van der Waals surface area contributed by atoms with E-state index in [4.69, 9.17) is 27.9 Å². The van der Waals surface area contributed by atoms with Crippen LogP contribution < -0.4 is 4.74 Å². The molecule has 0 aliphatic rings. The fourth-order valence-electron chi connectivity index (χ4n) is 0.926. The zero-order valence-electron chi connectivity index (χ0n) is 8.26. The highest BCUT2D eigenvalue weighted by atomic mass is 35.5. The summed E-state index contributed by atoms with van der Waals surface area (Å²) in [7, 11) is 3.98. The third-order valence-corrected chi connectivity index (χ3v) is 2.24. The predicted molar refractivity (Wildman–Crippen MR) is 60.5 cm³/mol. The Kier molecular flexibility index (Phi) is 4.52. The normalized spacial score (nSPS) is 10.6. The first kappa shape index (κ1) is 11.6. The van der Waals surface area contributed by atoms with Crippen molar-refractivity contribution >= 4 is 23.2 Å². The van der Waals surface area contributed by atoms with Gasteiger partial charge in [-0.25, -0.2) is 0 Å². The van der Waals surface area contributed by atoms with E-state index in [0.717, 1.165) is 6.54 Å². The quantitative estimate of drug-likeness (QED) is 0.794. The highest BCUT2D eigenvalue weighted by Crippen LogP contribution is 2.27. The summed E-state index contributed by atoms with van der Waals surface area (Å²) in [6.07, 6.45) is 0. The lowest BCUT2D eigenvalue weighted by Crippen LogP contribution is -2.19. The minimum Gasteiger partial charge on any atom is -0.491 e. The minimum atomic E-state index is 0.591. The van der Waals surface area contributed by atoms with Crippen molar-refractivity contribution in [2.45, 2.75) is 0 Å². The van der Waals surface area contributed by atoms with Crippen LogP contribution in [0.25, 0.3) is 0 Å². The van der Waals surface area contributed by atoms with E-state index in [-0.39, 0.29) is 0 Å². The summed E-state index contributed by atoms with van der Waals surface area (Å²) in [4.78, 5) is 2.04. The molecule has 0 saturated carbocycles. The van der Waals surface area contributed by atoms with Gasteiger partial charge in [-0.1, -0.05) is 23.2 Å². The lowest BCUT2D eigenvalue weighted by molar-refractivity contribution is 0.261. The molecule has 0 amide bonds. The number of likely N-dealkylation sites (N-methyl/N-ethyl adjacent to an activating group) is 1. The molecule has 0 fully saturated rings. The fourth-order valence-corrected chi connectivity index (χ4v) is 1.26. The van der Waals surface area contributed by atoms with Crippen molar-refractivity contribution in [2.75, 3.05) is 27.2 Å². The molecule has 0 aliphatic heterocycles. The number of benzene rings is 1. The van der Waals surface area contributed by atoms with Crippen molar-refractivity contribution in [3.8, 4) is 5.75 Å². The molecule has 78 valence electrons. The van der Waals surface area contributed by atoms with Gasteiger partial charge in [0, 0.05) is 17.6 Å². The first-order chi connectivity index (χ1) is 6.59. The number of nitrogens with zero attached hydrogens (tertiary/aromatic N) is 1. The van der Waals surface area contributed by atoms with Gasteiger partial charge in [0.05, 0.1) is 5.02 Å². The van der Waals surface area contributed by atoms with Crippen LogP contribution in [-0.4, -0.2) is 32.1 Å². The standard InChI is InChI=1S/C10H13Cl2NO/c1-13(2)5-6-14-10-7-8(11)3-4-9(10)12/h3-4,7H,5-6H2,1-2H3. The van der Waals surface area contributed by atoms with Gasteiger partial charge in [-0.2, -0.15) is 0 Å². The Balaban J connectivity index is 2.53. The van der Waals surface area contributed by atoms with Crippen molar-refractivity contribution in [3.63, 3.8) is 0 Å². The molecule has 0 spiro atoms. The van der Waals surface area contributed by atoms with Crippen molar-refractivity contribution < 1.29 is 4.74 Å². The summed E-state index contributed by atoms with van der Waals surface area (Å²) in [5, 5.41) is 1.22. The maximum Gasteiger partial charge on any atom is 0.139 e. The molecular weight excluding hydrogens is 221 g/mol. The highest BCUT2D eigenvalue weighted by Gasteiger charge is 2.02. The van der Waals surface area contributed by atoms with E-state index in [1.165, 1.54) is 0 Å². The van der Waals surface area contributed by atoms with Crippen LogP contribution in [0.2, 0.25) is 10.0 Å². The monoisotopic (exact) mass is 233 g/mol. The topological polar surface area (TPSA) is 12.5 Å². The Hall–Kier alpha value is -0.440. The van der Waals surface area contributed by atoms with Crippen molar-refractivity contribution in [1.82, 2.24) is 4.90 Å². The first-order valence-corrected chi connectivity index (χ1v) is 5.08. The Morgan fingerprint density at radius 2 is 2.00 bits per heavy atom. The molecule has 2 nitrogen and oxygen atoms in total. The Labute approximate surface area is 94.4 Å². The smallest absolute Gasteiger partial charge is 0.139 e.